The lowest BCUT2D eigenvalue weighted by atomic mass is 9.69. The van der Waals surface area contributed by atoms with Crippen molar-refractivity contribution in [1.29, 1.82) is 0 Å². The van der Waals surface area contributed by atoms with Crippen molar-refractivity contribution in [1.82, 2.24) is 19.8 Å². The molecule has 3 saturated carbocycles. The Kier molecular flexibility index (Phi) is 50.3. The average molecular weight is 1690 g/mol. The molecule has 12 heteroatoms. The molecule has 2 saturated heterocycles. The minimum atomic E-state index is 0.182. The van der Waals surface area contributed by atoms with Gasteiger partial charge in [-0.15, -0.1) is 11.3 Å². The number of aromatic nitrogens is 2. The van der Waals surface area contributed by atoms with Crippen LogP contribution in [0.5, 0.6) is 0 Å². The summed E-state index contributed by atoms with van der Waals surface area (Å²) in [6.07, 6.45) is 48.0. The van der Waals surface area contributed by atoms with Crippen molar-refractivity contribution in [2.24, 2.45) is 98.0 Å². The number of hydrogen-bond acceptors (Lipinski definition) is 11. The van der Waals surface area contributed by atoms with Gasteiger partial charge in [0.2, 0.25) is 5.91 Å². The highest BCUT2D eigenvalue weighted by atomic mass is 32.1. The van der Waals surface area contributed by atoms with Crippen LogP contribution < -0.4 is 0 Å². The topological polar surface area (TPSA) is 120 Å². The van der Waals surface area contributed by atoms with Gasteiger partial charge in [-0.2, -0.15) is 20.4 Å². The first-order chi connectivity index (χ1) is 55.4. The fourth-order valence-corrected chi connectivity index (χ4v) is 16.3. The minimum absolute atomic E-state index is 0.182. The fraction of sp³-hybridized carbons (Fsp3) is 0.761. The summed E-state index contributed by atoms with van der Waals surface area (Å²) in [5.74, 6) is 4.81. The molecule has 9 aliphatic rings. The fourth-order valence-electron chi connectivity index (χ4n) is 15.5. The smallest absolute Gasteiger partial charge is 0.219 e. The Balaban J connectivity index is 0.000000661. The molecule has 0 aromatic carbocycles. The normalized spacial score (nSPS) is 18.3. The van der Waals surface area contributed by atoms with Crippen LogP contribution in [0, 0.1) is 72.4 Å². The van der Waals surface area contributed by atoms with Crippen LogP contribution in [-0.4, -0.2) is 82.6 Å². The van der Waals surface area contributed by atoms with E-state index in [-0.39, 0.29) is 16.7 Å². The maximum absolute atomic E-state index is 11.1. The third-order valence-corrected chi connectivity index (χ3v) is 24.6. The summed E-state index contributed by atoms with van der Waals surface area (Å²) in [5, 5.41) is 21.8. The molecule has 5 aliphatic heterocycles. The van der Waals surface area contributed by atoms with E-state index in [0.29, 0.717) is 54.1 Å². The molecule has 12 rings (SSSR count). The molecule has 0 bridgehead atoms. The molecule has 0 atom stereocenters. The van der Waals surface area contributed by atoms with Gasteiger partial charge >= 0.3 is 0 Å². The summed E-state index contributed by atoms with van der Waals surface area (Å²) in [6.45, 7) is 93.5. The first kappa shape index (κ1) is 114. The largest absolute Gasteiger partial charge is 0.362 e. The predicted molar refractivity (Wildman–Crippen MR) is 536 cm³/mol. The Labute approximate surface area is 753 Å². The van der Waals surface area contributed by atoms with Crippen molar-refractivity contribution < 1.29 is 9.63 Å². The number of thiophene rings is 1. The zero-order chi connectivity index (χ0) is 92.6. The number of amides is 1. The van der Waals surface area contributed by atoms with Gasteiger partial charge in [-0.1, -0.05) is 349 Å². The lowest BCUT2D eigenvalue weighted by molar-refractivity contribution is -0.130. The average Bonchev–Trinajstić information content (AvgIpc) is 1.87. The second-order valence-electron chi connectivity index (χ2n) is 49.1. The number of piperidine rings is 2. The van der Waals surface area contributed by atoms with Crippen LogP contribution in [0.25, 0.3) is 0 Å². The van der Waals surface area contributed by atoms with E-state index < -0.39 is 0 Å². The third-order valence-electron chi connectivity index (χ3n) is 23.3. The Morgan fingerprint density at radius 3 is 1.26 bits per heavy atom. The summed E-state index contributed by atoms with van der Waals surface area (Å²) in [7, 11) is 0. The molecule has 8 heterocycles. The van der Waals surface area contributed by atoms with Crippen molar-refractivity contribution in [2.75, 3.05) is 39.3 Å². The van der Waals surface area contributed by atoms with Crippen LogP contribution in [0.3, 0.4) is 0 Å². The molecule has 3 aromatic heterocycles. The van der Waals surface area contributed by atoms with Crippen molar-refractivity contribution in [3.63, 3.8) is 0 Å². The molecule has 11 nitrogen and oxygen atoms in total. The summed E-state index contributed by atoms with van der Waals surface area (Å²) < 4.78 is 0. The number of hydrogen-bond donors (Lipinski definition) is 0. The summed E-state index contributed by atoms with van der Waals surface area (Å²) in [6, 6.07) is 14.4. The van der Waals surface area contributed by atoms with Gasteiger partial charge in [-0.3, -0.25) is 14.8 Å². The number of likely N-dealkylation sites (tertiary alicyclic amines) is 2. The van der Waals surface area contributed by atoms with E-state index in [1.807, 2.05) is 53.0 Å². The molecule has 0 N–H and O–H groups in total. The highest BCUT2D eigenvalue weighted by Crippen LogP contribution is 2.42. The van der Waals surface area contributed by atoms with Crippen LogP contribution in [0.15, 0.2) is 140 Å². The van der Waals surface area contributed by atoms with E-state index in [9.17, 15) is 4.79 Å². The van der Waals surface area contributed by atoms with Gasteiger partial charge in [0.05, 0.1) is 18.0 Å². The van der Waals surface area contributed by atoms with Gasteiger partial charge in [-0.25, -0.2) is 0 Å². The molecule has 0 unspecified atom stereocenters. The Hall–Kier alpha value is -5.20. The van der Waals surface area contributed by atoms with E-state index in [2.05, 4.69) is 350 Å². The molecule has 0 radical (unpaired) electrons. The Bertz CT molecular complexity index is 3400. The molecule has 4 aliphatic carbocycles. The molecular formula is C109H193N9O2S. The van der Waals surface area contributed by atoms with Gasteiger partial charge in [0.15, 0.2) is 0 Å². The first-order valence-corrected chi connectivity index (χ1v) is 48.5. The monoisotopic (exact) mass is 1690 g/mol. The van der Waals surface area contributed by atoms with Gasteiger partial charge in [0, 0.05) is 85.9 Å². The molecule has 1 amide bonds. The van der Waals surface area contributed by atoms with Crippen molar-refractivity contribution in [3.8, 4) is 0 Å². The molecule has 121 heavy (non-hydrogen) atoms. The molecular weight excluding hydrogens is 1500 g/mol. The van der Waals surface area contributed by atoms with Crippen molar-refractivity contribution in [3.05, 3.63) is 130 Å². The van der Waals surface area contributed by atoms with E-state index >= 15 is 0 Å². The van der Waals surface area contributed by atoms with E-state index in [1.165, 1.54) is 157 Å². The number of pyridine rings is 2. The zero-order valence-electron chi connectivity index (χ0n) is 86.2. The van der Waals surface area contributed by atoms with E-state index in [0.717, 1.165) is 105 Å². The lowest BCUT2D eigenvalue weighted by Crippen LogP contribution is -2.40. The second kappa shape index (κ2) is 53.4. The number of azo groups is 1. The van der Waals surface area contributed by atoms with Crippen LogP contribution >= 0.6 is 11.3 Å². The number of allylic oxidation sites excluding steroid dienone is 6. The minimum Gasteiger partial charge on any atom is -0.362 e. The van der Waals surface area contributed by atoms with Crippen LogP contribution in [0.4, 0.5) is 0 Å². The van der Waals surface area contributed by atoms with Crippen molar-refractivity contribution in [2.45, 2.75) is 427 Å². The zero-order valence-corrected chi connectivity index (χ0v) is 87.0. The summed E-state index contributed by atoms with van der Waals surface area (Å²) >= 11 is 1.83. The Morgan fingerprint density at radius 1 is 0.488 bits per heavy atom. The number of nitrogens with zero attached hydrogens (tertiary/aromatic N) is 9. The maximum atomic E-state index is 11.1. The van der Waals surface area contributed by atoms with Gasteiger partial charge in [-0.05, 0) is 233 Å². The van der Waals surface area contributed by atoms with E-state index in [1.54, 1.807) is 13.1 Å². The number of rotatable bonds is 4. The number of carbonyl (C=O) groups excluding carboxylic acids is 1. The molecule has 0 spiro atoms. The molecule has 5 fully saturated rings. The van der Waals surface area contributed by atoms with Crippen LogP contribution in [0.2, 0.25) is 0 Å². The SMILES string of the molecule is C=C1CC(CC(C)(C)C)=NO1.CC(=O)N1CCC(C(C)(C)C)CC1.CC(C)(C)C1=CCC=C1.CC(C)(C)C1CCC1.CC(C)(C)C1CCCCC1.CC(C)(C)C1CCCCC1.CC(C)(C)CC1=CCN=N1.CC(C)(C)CC1=NN=CC1.CC(C)(C)CN1CCCCC1.CC(C)(C)c1ccccn1.CC(C)(C)c1cccnc1.CC(C)(C)c1cccs1. The standard InChI is InChI=1S/C11H21NO.C10H21N.2C10H20.C9H15NO.2C9H13N.C9H14.2C8H14N2.C8H12S.C8H16/c1-9(13)12-7-5-10(6-8-12)11(2,3)4;1-10(2,3)9-11-7-5-4-6-8-11;2*1-10(2,3)9-7-5-4-6-8-9;1-7-5-8(10-11-7)6-9(2,3)4;1-9(2,3)8-5-4-6-10-7-8;1-9(2,3)8-6-4-5-7-10-8;1-9(2,3)8-6-4-5-7-8;2*1-8(2,3)6-7-4-5-9-10-7;1-8(2,3)7-5-4-6-9-7;1-8(2,3)7-5-4-6-7/h10H,5-8H2,1-4H3;4-9H2,1-3H3;2*9H,4-8H2,1-3H3;1,5-6H2,2-4H3;2*4-7H,1-3H3;4,6-7H,5H2,1-3H3;5H,4,6H2,1-3H3;4H,5-6H2,1-3H3;4-6H,1-3H3;7H,4-6H2,1-3H3. The van der Waals surface area contributed by atoms with Gasteiger partial charge in [0.1, 0.15) is 5.76 Å². The lowest BCUT2D eigenvalue weighted by Gasteiger charge is -2.38. The molecule has 3 aromatic rings. The first-order valence-electron chi connectivity index (χ1n) is 47.6. The van der Waals surface area contributed by atoms with Gasteiger partial charge < -0.3 is 14.6 Å². The van der Waals surface area contributed by atoms with Crippen molar-refractivity contribution >= 4 is 34.9 Å². The van der Waals surface area contributed by atoms with Crippen LogP contribution in [-0.2, 0) is 25.9 Å². The predicted octanol–water partition coefficient (Wildman–Crippen LogP) is 33.3. The third kappa shape index (κ3) is 57.2. The van der Waals surface area contributed by atoms with Crippen LogP contribution in [0.1, 0.15) is 426 Å². The Morgan fingerprint density at radius 2 is 0.975 bits per heavy atom. The highest BCUT2D eigenvalue weighted by Gasteiger charge is 2.32. The summed E-state index contributed by atoms with van der Waals surface area (Å²) in [4.78, 5) is 30.3. The highest BCUT2D eigenvalue weighted by molar-refractivity contribution is 7.10. The van der Waals surface area contributed by atoms with E-state index in [4.69, 9.17) is 4.84 Å². The number of oxime groups is 1. The second-order valence-corrected chi connectivity index (χ2v) is 50.1. The number of carbonyl (C=O) groups is 1. The van der Waals surface area contributed by atoms with Gasteiger partial charge in [0.25, 0.3) is 0 Å². The molecule has 692 valence electrons. The summed E-state index contributed by atoms with van der Waals surface area (Å²) in [5.41, 5.74) is 12.1. The maximum Gasteiger partial charge on any atom is 0.219 e. The quantitative estimate of drug-likeness (QED) is 0.258.